The van der Waals surface area contributed by atoms with Crippen LogP contribution in [0.25, 0.3) is 0 Å². The Morgan fingerprint density at radius 3 is 2.21 bits per heavy atom. The van der Waals surface area contributed by atoms with Gasteiger partial charge in [0.1, 0.15) is 11.8 Å². The largest absolute Gasteiger partial charge is 0.497 e. The molecule has 0 bridgehead atoms. The summed E-state index contributed by atoms with van der Waals surface area (Å²) in [5.74, 6) is 0.221. The lowest BCUT2D eigenvalue weighted by atomic mass is 10.0. The van der Waals surface area contributed by atoms with Crippen molar-refractivity contribution in [3.8, 4) is 5.75 Å². The van der Waals surface area contributed by atoms with E-state index in [9.17, 15) is 9.59 Å². The second-order valence-electron chi connectivity index (χ2n) is 6.65. The van der Waals surface area contributed by atoms with Crippen LogP contribution in [0.3, 0.4) is 0 Å². The molecule has 2 amide bonds. The summed E-state index contributed by atoms with van der Waals surface area (Å²) in [4.78, 5) is 25.5. The molecule has 29 heavy (non-hydrogen) atoms. The van der Waals surface area contributed by atoms with E-state index in [4.69, 9.17) is 4.74 Å². The third-order valence-electron chi connectivity index (χ3n) is 4.54. The van der Waals surface area contributed by atoms with E-state index in [0.717, 1.165) is 16.9 Å². The van der Waals surface area contributed by atoms with Crippen molar-refractivity contribution >= 4 is 11.8 Å². The van der Waals surface area contributed by atoms with E-state index < -0.39 is 6.04 Å². The molecule has 0 spiro atoms. The Morgan fingerprint density at radius 1 is 0.862 bits per heavy atom. The Morgan fingerprint density at radius 2 is 1.52 bits per heavy atom. The lowest BCUT2D eigenvalue weighted by molar-refractivity contribution is -0.123. The van der Waals surface area contributed by atoms with Crippen LogP contribution < -0.4 is 15.4 Å². The highest BCUT2D eigenvalue weighted by molar-refractivity contribution is 5.97. The minimum Gasteiger partial charge on any atom is -0.497 e. The van der Waals surface area contributed by atoms with Gasteiger partial charge in [0.2, 0.25) is 5.91 Å². The van der Waals surface area contributed by atoms with Gasteiger partial charge in [0.25, 0.3) is 5.91 Å². The smallest absolute Gasteiger partial charge is 0.251 e. The van der Waals surface area contributed by atoms with Crippen molar-refractivity contribution in [1.29, 1.82) is 0 Å². The van der Waals surface area contributed by atoms with E-state index in [2.05, 4.69) is 10.6 Å². The Hall–Kier alpha value is -3.60. The van der Waals surface area contributed by atoms with Crippen LogP contribution in [-0.4, -0.2) is 25.0 Å². The first-order valence-electron chi connectivity index (χ1n) is 9.46. The Balaban J connectivity index is 1.70. The molecule has 0 fully saturated rings. The third-order valence-corrected chi connectivity index (χ3v) is 4.54. The Labute approximate surface area is 170 Å². The molecule has 0 aliphatic carbocycles. The summed E-state index contributed by atoms with van der Waals surface area (Å²) in [5.41, 5.74) is 2.42. The lowest BCUT2D eigenvalue weighted by Gasteiger charge is -2.19. The first-order chi connectivity index (χ1) is 14.2. The molecule has 0 heterocycles. The van der Waals surface area contributed by atoms with Crippen molar-refractivity contribution < 1.29 is 14.3 Å². The zero-order chi connectivity index (χ0) is 20.5. The Kier molecular flexibility index (Phi) is 7.00. The van der Waals surface area contributed by atoms with Crippen molar-refractivity contribution in [1.82, 2.24) is 10.6 Å². The molecule has 0 aliphatic heterocycles. The predicted octanol–water partition coefficient (Wildman–Crippen LogP) is 3.35. The molecule has 148 valence electrons. The first kappa shape index (κ1) is 20.1. The predicted molar refractivity (Wildman–Crippen MR) is 113 cm³/mol. The summed E-state index contributed by atoms with van der Waals surface area (Å²) in [6.07, 6.45) is 0.406. The number of hydrogen-bond donors (Lipinski definition) is 2. The van der Waals surface area contributed by atoms with Gasteiger partial charge in [-0.25, -0.2) is 0 Å². The fraction of sp³-hybridized carbons (Fsp3) is 0.167. The average molecular weight is 388 g/mol. The van der Waals surface area contributed by atoms with Crippen molar-refractivity contribution in [3.05, 3.63) is 102 Å². The van der Waals surface area contributed by atoms with E-state index in [1.54, 1.807) is 31.4 Å². The second-order valence-corrected chi connectivity index (χ2v) is 6.65. The highest BCUT2D eigenvalue weighted by atomic mass is 16.5. The summed E-state index contributed by atoms with van der Waals surface area (Å²) in [5, 5.41) is 5.78. The number of hydrogen-bond acceptors (Lipinski definition) is 3. The summed E-state index contributed by atoms with van der Waals surface area (Å²) >= 11 is 0. The van der Waals surface area contributed by atoms with Gasteiger partial charge in [-0.15, -0.1) is 0 Å². The topological polar surface area (TPSA) is 67.4 Å². The molecule has 2 N–H and O–H groups in total. The van der Waals surface area contributed by atoms with Gasteiger partial charge in [-0.05, 0) is 35.4 Å². The number of nitrogens with one attached hydrogen (secondary N) is 2. The number of benzene rings is 3. The fourth-order valence-corrected chi connectivity index (χ4v) is 2.98. The normalized spacial score (nSPS) is 11.3. The molecule has 3 aromatic carbocycles. The van der Waals surface area contributed by atoms with E-state index in [1.807, 2.05) is 60.7 Å². The van der Waals surface area contributed by atoms with Crippen molar-refractivity contribution in [2.45, 2.75) is 19.0 Å². The van der Waals surface area contributed by atoms with Gasteiger partial charge in [0.15, 0.2) is 0 Å². The van der Waals surface area contributed by atoms with E-state index in [0.29, 0.717) is 18.5 Å². The standard InChI is InChI=1S/C24H24N2O3/c1-29-21-14-8-11-19(15-21)17-25-24(28)22(16-18-9-4-2-5-10-18)26-23(27)20-12-6-3-7-13-20/h2-15,22H,16-17H2,1H3,(H,25,28)(H,26,27)/t22-/m0/s1. The second kappa shape index (κ2) is 10.1. The highest BCUT2D eigenvalue weighted by Gasteiger charge is 2.21. The van der Waals surface area contributed by atoms with Gasteiger partial charge in [-0.3, -0.25) is 9.59 Å². The Bertz CT molecular complexity index is 943. The van der Waals surface area contributed by atoms with E-state index in [1.165, 1.54) is 0 Å². The van der Waals surface area contributed by atoms with Crippen molar-refractivity contribution in [3.63, 3.8) is 0 Å². The summed E-state index contributed by atoms with van der Waals surface area (Å²) in [6.45, 7) is 0.350. The average Bonchev–Trinajstić information content (AvgIpc) is 2.78. The van der Waals surface area contributed by atoms with Gasteiger partial charge in [-0.1, -0.05) is 60.7 Å². The van der Waals surface area contributed by atoms with Crippen LogP contribution in [0.15, 0.2) is 84.9 Å². The molecule has 3 aromatic rings. The summed E-state index contributed by atoms with van der Waals surface area (Å²) in [7, 11) is 1.60. The molecule has 0 saturated heterocycles. The van der Waals surface area contributed by atoms with Crippen LogP contribution in [-0.2, 0) is 17.8 Å². The van der Waals surface area contributed by atoms with Gasteiger partial charge < -0.3 is 15.4 Å². The van der Waals surface area contributed by atoms with E-state index in [-0.39, 0.29) is 11.8 Å². The molecule has 0 unspecified atom stereocenters. The summed E-state index contributed by atoms with van der Waals surface area (Å²) in [6, 6.07) is 25.3. The third kappa shape index (κ3) is 5.94. The van der Waals surface area contributed by atoms with Crippen LogP contribution in [0.1, 0.15) is 21.5 Å². The maximum Gasteiger partial charge on any atom is 0.251 e. The van der Waals surface area contributed by atoms with Crippen LogP contribution in [0.5, 0.6) is 5.75 Å². The molecule has 0 aliphatic rings. The highest BCUT2D eigenvalue weighted by Crippen LogP contribution is 2.12. The fourth-order valence-electron chi connectivity index (χ4n) is 2.98. The number of carbonyl (C=O) groups excluding carboxylic acids is 2. The molecule has 0 saturated carbocycles. The van der Waals surface area contributed by atoms with Gasteiger partial charge in [0.05, 0.1) is 7.11 Å². The number of rotatable bonds is 8. The minimum absolute atomic E-state index is 0.235. The van der Waals surface area contributed by atoms with Gasteiger partial charge in [0, 0.05) is 18.5 Å². The maximum absolute atomic E-state index is 12.9. The molecule has 5 heteroatoms. The lowest BCUT2D eigenvalue weighted by Crippen LogP contribution is -2.47. The quantitative estimate of drug-likeness (QED) is 0.622. The maximum atomic E-state index is 12.9. The molecular formula is C24H24N2O3. The van der Waals surface area contributed by atoms with Crippen LogP contribution in [0, 0.1) is 0 Å². The SMILES string of the molecule is COc1cccc(CNC(=O)[C@H](Cc2ccccc2)NC(=O)c2ccccc2)c1. The van der Waals surface area contributed by atoms with Crippen LogP contribution in [0.4, 0.5) is 0 Å². The zero-order valence-corrected chi connectivity index (χ0v) is 16.3. The van der Waals surface area contributed by atoms with Gasteiger partial charge in [-0.2, -0.15) is 0 Å². The van der Waals surface area contributed by atoms with Crippen molar-refractivity contribution in [2.75, 3.05) is 7.11 Å². The molecule has 5 nitrogen and oxygen atoms in total. The molecule has 3 rings (SSSR count). The number of amides is 2. The number of ether oxygens (including phenoxy) is 1. The molecular weight excluding hydrogens is 364 g/mol. The van der Waals surface area contributed by atoms with Gasteiger partial charge >= 0.3 is 0 Å². The molecule has 0 radical (unpaired) electrons. The van der Waals surface area contributed by atoms with E-state index >= 15 is 0 Å². The van der Waals surface area contributed by atoms with Crippen LogP contribution >= 0.6 is 0 Å². The summed E-state index contributed by atoms with van der Waals surface area (Å²) < 4.78 is 5.22. The monoisotopic (exact) mass is 388 g/mol. The molecule has 0 aromatic heterocycles. The molecule has 1 atom stereocenters. The van der Waals surface area contributed by atoms with Crippen LogP contribution in [0.2, 0.25) is 0 Å². The number of carbonyl (C=O) groups is 2. The minimum atomic E-state index is -0.685. The first-order valence-corrected chi connectivity index (χ1v) is 9.46. The van der Waals surface area contributed by atoms with Crippen molar-refractivity contribution in [2.24, 2.45) is 0 Å². The number of methoxy groups -OCH3 is 1. The zero-order valence-electron chi connectivity index (χ0n) is 16.3.